The summed E-state index contributed by atoms with van der Waals surface area (Å²) in [5.74, 6) is 0.887. The molecule has 0 fully saturated rings. The second kappa shape index (κ2) is 6.28. The van der Waals surface area contributed by atoms with Gasteiger partial charge in [-0.15, -0.1) is 0 Å². The van der Waals surface area contributed by atoms with Crippen LogP contribution in [0.5, 0.6) is 11.5 Å². The zero-order valence-corrected chi connectivity index (χ0v) is 11.7. The zero-order chi connectivity index (χ0) is 14.5. The number of benzene rings is 2. The van der Waals surface area contributed by atoms with Crippen LogP contribution in [0, 0.1) is 5.82 Å². The monoisotopic (exact) mass is 275 g/mol. The Kier molecular flexibility index (Phi) is 4.45. The maximum Gasteiger partial charge on any atom is 0.161 e. The summed E-state index contributed by atoms with van der Waals surface area (Å²) in [5, 5.41) is 0. The molecular weight excluding hydrogens is 257 g/mol. The molecule has 0 atom stereocenters. The summed E-state index contributed by atoms with van der Waals surface area (Å²) >= 11 is 0. The zero-order valence-electron chi connectivity index (χ0n) is 11.7. The van der Waals surface area contributed by atoms with Crippen molar-refractivity contribution in [3.63, 3.8) is 0 Å². The molecule has 0 heterocycles. The summed E-state index contributed by atoms with van der Waals surface area (Å²) < 4.78 is 24.6. The van der Waals surface area contributed by atoms with Crippen molar-refractivity contribution in [2.75, 3.05) is 18.9 Å². The predicted octanol–water partition coefficient (Wildman–Crippen LogP) is 3.87. The van der Waals surface area contributed by atoms with E-state index in [0.717, 1.165) is 5.56 Å². The van der Waals surface area contributed by atoms with Gasteiger partial charge in [-0.3, -0.25) is 0 Å². The molecule has 2 N–H and O–H groups in total. The Labute approximate surface area is 118 Å². The number of hydrogen-bond donors (Lipinski definition) is 1. The molecule has 0 saturated heterocycles. The standard InChI is InChI=1S/C16H18FNO2/c1-3-19-14-9-8-11(10-15(14)20-4-2)12-6-5-7-13(17)16(12)18/h5-10H,3-4,18H2,1-2H3. The van der Waals surface area contributed by atoms with Crippen LogP contribution in [-0.4, -0.2) is 13.2 Å². The van der Waals surface area contributed by atoms with Gasteiger partial charge in [0.1, 0.15) is 5.82 Å². The summed E-state index contributed by atoms with van der Waals surface area (Å²) in [5.41, 5.74) is 7.37. The van der Waals surface area contributed by atoms with E-state index in [1.54, 1.807) is 12.1 Å². The van der Waals surface area contributed by atoms with Crippen LogP contribution in [0.4, 0.5) is 10.1 Å². The fourth-order valence-electron chi connectivity index (χ4n) is 2.01. The van der Waals surface area contributed by atoms with E-state index in [2.05, 4.69) is 0 Å². The van der Waals surface area contributed by atoms with Gasteiger partial charge >= 0.3 is 0 Å². The van der Waals surface area contributed by atoms with Gasteiger partial charge in [-0.05, 0) is 37.6 Å². The molecule has 0 radical (unpaired) electrons. The molecule has 2 aromatic carbocycles. The van der Waals surface area contributed by atoms with Crippen LogP contribution in [0.25, 0.3) is 11.1 Å². The van der Waals surface area contributed by atoms with Gasteiger partial charge in [0.15, 0.2) is 11.5 Å². The van der Waals surface area contributed by atoms with Gasteiger partial charge in [0, 0.05) is 5.56 Å². The van der Waals surface area contributed by atoms with Crippen LogP contribution < -0.4 is 15.2 Å². The van der Waals surface area contributed by atoms with Crippen LogP contribution in [0.15, 0.2) is 36.4 Å². The van der Waals surface area contributed by atoms with Crippen LogP contribution in [-0.2, 0) is 0 Å². The van der Waals surface area contributed by atoms with Crippen molar-refractivity contribution >= 4 is 5.69 Å². The molecule has 0 aliphatic carbocycles. The fraction of sp³-hybridized carbons (Fsp3) is 0.250. The topological polar surface area (TPSA) is 44.5 Å². The Morgan fingerprint density at radius 2 is 1.70 bits per heavy atom. The molecule has 0 saturated carbocycles. The van der Waals surface area contributed by atoms with Crippen molar-refractivity contribution in [1.82, 2.24) is 0 Å². The van der Waals surface area contributed by atoms with E-state index < -0.39 is 5.82 Å². The number of ether oxygens (including phenoxy) is 2. The van der Waals surface area contributed by atoms with Gasteiger partial charge in [0.25, 0.3) is 0 Å². The molecule has 106 valence electrons. The lowest BCUT2D eigenvalue weighted by molar-refractivity contribution is 0.288. The SMILES string of the molecule is CCOc1ccc(-c2cccc(F)c2N)cc1OCC. The van der Waals surface area contributed by atoms with Crippen molar-refractivity contribution < 1.29 is 13.9 Å². The molecule has 0 unspecified atom stereocenters. The molecule has 0 aliphatic rings. The maximum atomic E-state index is 13.5. The minimum atomic E-state index is -0.422. The summed E-state index contributed by atoms with van der Waals surface area (Å²) in [6.07, 6.45) is 0. The fourth-order valence-corrected chi connectivity index (χ4v) is 2.01. The third-order valence-corrected chi connectivity index (χ3v) is 2.91. The highest BCUT2D eigenvalue weighted by Crippen LogP contribution is 2.35. The van der Waals surface area contributed by atoms with Gasteiger partial charge in [-0.1, -0.05) is 18.2 Å². The molecule has 2 rings (SSSR count). The average molecular weight is 275 g/mol. The first kappa shape index (κ1) is 14.2. The number of nitrogen functional groups attached to an aromatic ring is 1. The summed E-state index contributed by atoms with van der Waals surface area (Å²) in [7, 11) is 0. The summed E-state index contributed by atoms with van der Waals surface area (Å²) in [6, 6.07) is 10.2. The first-order valence-corrected chi connectivity index (χ1v) is 6.61. The Bertz CT molecular complexity index is 599. The molecule has 4 heteroatoms. The molecule has 0 spiro atoms. The maximum absolute atomic E-state index is 13.5. The second-order valence-corrected chi connectivity index (χ2v) is 4.23. The van der Waals surface area contributed by atoms with E-state index in [4.69, 9.17) is 15.2 Å². The minimum Gasteiger partial charge on any atom is -0.490 e. The smallest absolute Gasteiger partial charge is 0.161 e. The van der Waals surface area contributed by atoms with Crippen molar-refractivity contribution in [2.45, 2.75) is 13.8 Å². The lowest BCUT2D eigenvalue weighted by Gasteiger charge is -2.13. The Morgan fingerprint density at radius 1 is 1.00 bits per heavy atom. The minimum absolute atomic E-state index is 0.138. The van der Waals surface area contributed by atoms with Crippen LogP contribution in [0.1, 0.15) is 13.8 Å². The van der Waals surface area contributed by atoms with Gasteiger partial charge in [0.2, 0.25) is 0 Å². The molecular formula is C16H18FNO2. The molecule has 3 nitrogen and oxygen atoms in total. The highest BCUT2D eigenvalue weighted by atomic mass is 19.1. The van der Waals surface area contributed by atoms with E-state index in [-0.39, 0.29) is 5.69 Å². The third kappa shape index (κ3) is 2.85. The van der Waals surface area contributed by atoms with Gasteiger partial charge in [0.05, 0.1) is 18.9 Å². The number of para-hydroxylation sites is 1. The Morgan fingerprint density at radius 3 is 2.40 bits per heavy atom. The number of nitrogens with two attached hydrogens (primary N) is 1. The quantitative estimate of drug-likeness (QED) is 0.842. The molecule has 0 aliphatic heterocycles. The number of hydrogen-bond acceptors (Lipinski definition) is 3. The second-order valence-electron chi connectivity index (χ2n) is 4.23. The largest absolute Gasteiger partial charge is 0.490 e. The predicted molar refractivity (Wildman–Crippen MR) is 78.6 cm³/mol. The van der Waals surface area contributed by atoms with Gasteiger partial charge in [-0.2, -0.15) is 0 Å². The Balaban J connectivity index is 2.47. The first-order chi connectivity index (χ1) is 9.67. The number of halogens is 1. The van der Waals surface area contributed by atoms with Crippen molar-refractivity contribution in [1.29, 1.82) is 0 Å². The normalized spacial score (nSPS) is 10.3. The number of rotatable bonds is 5. The van der Waals surface area contributed by atoms with Crippen LogP contribution in [0.3, 0.4) is 0 Å². The highest BCUT2D eigenvalue weighted by Gasteiger charge is 2.11. The van der Waals surface area contributed by atoms with Crippen molar-refractivity contribution in [2.24, 2.45) is 0 Å². The van der Waals surface area contributed by atoms with E-state index in [1.165, 1.54) is 6.07 Å². The van der Waals surface area contributed by atoms with E-state index >= 15 is 0 Å². The lowest BCUT2D eigenvalue weighted by Crippen LogP contribution is -1.99. The Hall–Kier alpha value is -2.23. The van der Waals surface area contributed by atoms with E-state index in [1.807, 2.05) is 32.0 Å². The van der Waals surface area contributed by atoms with E-state index in [9.17, 15) is 4.39 Å². The molecule has 0 bridgehead atoms. The molecule has 0 aromatic heterocycles. The van der Waals surface area contributed by atoms with Gasteiger partial charge in [-0.25, -0.2) is 4.39 Å². The lowest BCUT2D eigenvalue weighted by atomic mass is 10.0. The first-order valence-electron chi connectivity index (χ1n) is 6.61. The van der Waals surface area contributed by atoms with E-state index in [0.29, 0.717) is 30.3 Å². The molecule has 2 aromatic rings. The molecule has 0 amide bonds. The summed E-state index contributed by atoms with van der Waals surface area (Å²) in [4.78, 5) is 0. The number of anilines is 1. The average Bonchev–Trinajstić information content (AvgIpc) is 2.44. The molecule has 20 heavy (non-hydrogen) atoms. The van der Waals surface area contributed by atoms with Gasteiger partial charge < -0.3 is 15.2 Å². The van der Waals surface area contributed by atoms with Crippen molar-refractivity contribution in [3.8, 4) is 22.6 Å². The summed E-state index contributed by atoms with van der Waals surface area (Å²) in [6.45, 7) is 4.90. The highest BCUT2D eigenvalue weighted by molar-refractivity contribution is 5.78. The third-order valence-electron chi connectivity index (χ3n) is 2.91. The van der Waals surface area contributed by atoms with Crippen LogP contribution >= 0.6 is 0 Å². The van der Waals surface area contributed by atoms with Crippen LogP contribution in [0.2, 0.25) is 0 Å². The van der Waals surface area contributed by atoms with Crippen molar-refractivity contribution in [3.05, 3.63) is 42.2 Å².